The highest BCUT2D eigenvalue weighted by molar-refractivity contribution is 6.30. The van der Waals surface area contributed by atoms with Crippen LogP contribution in [0.25, 0.3) is 0 Å². The Morgan fingerprint density at radius 1 is 1.29 bits per heavy atom. The van der Waals surface area contributed by atoms with Gasteiger partial charge in [-0.05, 0) is 29.8 Å². The van der Waals surface area contributed by atoms with E-state index >= 15 is 0 Å². The molecule has 0 fully saturated rings. The van der Waals surface area contributed by atoms with Crippen LogP contribution in [0, 0.1) is 11.3 Å². The number of benzene rings is 1. The van der Waals surface area contributed by atoms with Crippen molar-refractivity contribution in [2.24, 2.45) is 0 Å². The number of carbonyl (C=O) groups excluding carboxylic acids is 1. The highest BCUT2D eigenvalue weighted by Crippen LogP contribution is 2.22. The molecule has 0 aliphatic heterocycles. The second-order valence-electron chi connectivity index (χ2n) is 3.46. The fraction of sp³-hybridized carbons (Fsp3) is 0.0769. The lowest BCUT2D eigenvalue weighted by atomic mass is 9.95. The number of furan rings is 1. The molecule has 0 aliphatic carbocycles. The third-order valence-electron chi connectivity index (χ3n) is 2.36. The van der Waals surface area contributed by atoms with Gasteiger partial charge in [-0.3, -0.25) is 4.79 Å². The first-order valence-corrected chi connectivity index (χ1v) is 5.33. The molecule has 2 aromatic rings. The topological polar surface area (TPSA) is 54.0 Å². The van der Waals surface area contributed by atoms with Crippen LogP contribution in [-0.4, -0.2) is 5.78 Å². The second kappa shape index (κ2) is 4.86. The number of carbonyl (C=O) groups is 1. The van der Waals surface area contributed by atoms with Gasteiger partial charge in [0.1, 0.15) is 5.92 Å². The van der Waals surface area contributed by atoms with E-state index in [1.54, 1.807) is 36.4 Å². The van der Waals surface area contributed by atoms with E-state index in [1.807, 2.05) is 6.07 Å². The fourth-order valence-corrected chi connectivity index (χ4v) is 1.63. The molecule has 17 heavy (non-hydrogen) atoms. The van der Waals surface area contributed by atoms with Crippen molar-refractivity contribution in [2.45, 2.75) is 5.92 Å². The van der Waals surface area contributed by atoms with Crippen molar-refractivity contribution in [3.8, 4) is 6.07 Å². The zero-order valence-electron chi connectivity index (χ0n) is 8.76. The summed E-state index contributed by atoms with van der Waals surface area (Å²) in [6, 6.07) is 11.8. The summed E-state index contributed by atoms with van der Waals surface area (Å²) in [6.07, 6.45) is 1.41. The molecule has 1 aromatic carbocycles. The van der Waals surface area contributed by atoms with E-state index in [4.69, 9.17) is 21.3 Å². The van der Waals surface area contributed by atoms with Crippen LogP contribution < -0.4 is 0 Å². The number of rotatable bonds is 3. The Bertz CT molecular complexity index is 552. The lowest BCUT2D eigenvalue weighted by molar-refractivity contribution is 0.0952. The van der Waals surface area contributed by atoms with Crippen molar-refractivity contribution in [1.29, 1.82) is 5.26 Å². The highest BCUT2D eigenvalue weighted by Gasteiger charge is 2.23. The summed E-state index contributed by atoms with van der Waals surface area (Å²) >= 11 is 5.75. The SMILES string of the molecule is N#CC(C(=O)c1ccco1)c1ccc(Cl)cc1. The normalized spacial score (nSPS) is 11.8. The van der Waals surface area contributed by atoms with Gasteiger partial charge in [-0.15, -0.1) is 0 Å². The van der Waals surface area contributed by atoms with Crippen molar-refractivity contribution < 1.29 is 9.21 Å². The van der Waals surface area contributed by atoms with Gasteiger partial charge in [0.05, 0.1) is 12.3 Å². The standard InChI is InChI=1S/C13H8ClNO2/c14-10-5-3-9(4-6-10)11(8-15)13(16)12-2-1-7-17-12/h1-7,11H. The van der Waals surface area contributed by atoms with Gasteiger partial charge in [-0.1, -0.05) is 23.7 Å². The predicted octanol–water partition coefficient (Wildman–Crippen LogP) is 3.42. The van der Waals surface area contributed by atoms with Gasteiger partial charge in [-0.25, -0.2) is 0 Å². The van der Waals surface area contributed by atoms with E-state index in [0.717, 1.165) is 0 Å². The van der Waals surface area contributed by atoms with Crippen molar-refractivity contribution in [2.75, 3.05) is 0 Å². The maximum absolute atomic E-state index is 12.0. The average molecular weight is 246 g/mol. The molecule has 1 unspecified atom stereocenters. The summed E-state index contributed by atoms with van der Waals surface area (Å²) in [5, 5.41) is 9.64. The monoisotopic (exact) mass is 245 g/mol. The minimum Gasteiger partial charge on any atom is -0.461 e. The minimum atomic E-state index is -0.863. The molecular formula is C13H8ClNO2. The van der Waals surface area contributed by atoms with Crippen molar-refractivity contribution >= 4 is 17.4 Å². The average Bonchev–Trinajstić information content (AvgIpc) is 2.86. The van der Waals surface area contributed by atoms with E-state index in [-0.39, 0.29) is 11.5 Å². The van der Waals surface area contributed by atoms with Crippen molar-refractivity contribution in [1.82, 2.24) is 0 Å². The maximum Gasteiger partial charge on any atom is 0.219 e. The van der Waals surface area contributed by atoms with Crippen LogP contribution >= 0.6 is 11.6 Å². The zero-order chi connectivity index (χ0) is 12.3. The smallest absolute Gasteiger partial charge is 0.219 e. The number of ketones is 1. The van der Waals surface area contributed by atoms with Gasteiger partial charge in [0, 0.05) is 5.02 Å². The lowest BCUT2D eigenvalue weighted by Crippen LogP contribution is -2.10. The van der Waals surface area contributed by atoms with Crippen LogP contribution in [0.4, 0.5) is 0 Å². The zero-order valence-corrected chi connectivity index (χ0v) is 9.52. The van der Waals surface area contributed by atoms with Gasteiger partial charge in [0.2, 0.25) is 5.78 Å². The van der Waals surface area contributed by atoms with Gasteiger partial charge in [0.25, 0.3) is 0 Å². The first-order valence-electron chi connectivity index (χ1n) is 4.95. The Kier molecular flexibility index (Phi) is 3.27. The van der Waals surface area contributed by atoms with Crippen LogP contribution in [0.1, 0.15) is 22.0 Å². The molecular weight excluding hydrogens is 238 g/mol. The molecule has 0 aliphatic rings. The van der Waals surface area contributed by atoms with Crippen LogP contribution in [-0.2, 0) is 0 Å². The molecule has 4 heteroatoms. The molecule has 0 radical (unpaired) electrons. The fourth-order valence-electron chi connectivity index (χ4n) is 1.50. The molecule has 1 aromatic heterocycles. The Morgan fingerprint density at radius 3 is 2.53 bits per heavy atom. The third-order valence-corrected chi connectivity index (χ3v) is 2.61. The number of Topliss-reactive ketones (excluding diaryl/α,β-unsaturated/α-hetero) is 1. The molecule has 2 rings (SSSR count). The molecule has 1 atom stereocenters. The van der Waals surface area contributed by atoms with Gasteiger partial charge >= 0.3 is 0 Å². The second-order valence-corrected chi connectivity index (χ2v) is 3.89. The van der Waals surface area contributed by atoms with E-state index in [0.29, 0.717) is 10.6 Å². The highest BCUT2D eigenvalue weighted by atomic mass is 35.5. The number of nitriles is 1. The third kappa shape index (κ3) is 2.38. The van der Waals surface area contributed by atoms with E-state index < -0.39 is 5.92 Å². The summed E-state index contributed by atoms with van der Waals surface area (Å²) in [4.78, 5) is 12.0. The maximum atomic E-state index is 12.0. The quantitative estimate of drug-likeness (QED) is 0.779. The predicted molar refractivity (Wildman–Crippen MR) is 62.8 cm³/mol. The molecule has 0 spiro atoms. The van der Waals surface area contributed by atoms with Crippen LogP contribution in [0.15, 0.2) is 47.1 Å². The molecule has 1 heterocycles. The summed E-state index contributed by atoms with van der Waals surface area (Å²) < 4.78 is 5.00. The van der Waals surface area contributed by atoms with Crippen LogP contribution in [0.5, 0.6) is 0 Å². The van der Waals surface area contributed by atoms with E-state index in [2.05, 4.69) is 0 Å². The molecule has 0 amide bonds. The summed E-state index contributed by atoms with van der Waals surface area (Å²) in [7, 11) is 0. The number of nitrogens with zero attached hydrogens (tertiary/aromatic N) is 1. The molecule has 84 valence electrons. The van der Waals surface area contributed by atoms with Crippen LogP contribution in [0.2, 0.25) is 5.02 Å². The minimum absolute atomic E-state index is 0.187. The molecule has 0 bridgehead atoms. The molecule has 0 N–H and O–H groups in total. The largest absolute Gasteiger partial charge is 0.461 e. The molecule has 3 nitrogen and oxygen atoms in total. The molecule has 0 saturated carbocycles. The van der Waals surface area contributed by atoms with Crippen LogP contribution in [0.3, 0.4) is 0 Å². The van der Waals surface area contributed by atoms with Gasteiger partial charge < -0.3 is 4.42 Å². The van der Waals surface area contributed by atoms with Gasteiger partial charge in [-0.2, -0.15) is 5.26 Å². The summed E-state index contributed by atoms with van der Waals surface area (Å²) in [5.41, 5.74) is 0.610. The number of hydrogen-bond donors (Lipinski definition) is 0. The summed E-state index contributed by atoms with van der Waals surface area (Å²) in [5.74, 6) is -1.02. The number of hydrogen-bond acceptors (Lipinski definition) is 3. The first-order chi connectivity index (χ1) is 8.22. The summed E-state index contributed by atoms with van der Waals surface area (Å²) in [6.45, 7) is 0. The first kappa shape index (κ1) is 11.4. The van der Waals surface area contributed by atoms with Gasteiger partial charge in [0.15, 0.2) is 5.76 Å². The van der Waals surface area contributed by atoms with E-state index in [9.17, 15) is 4.79 Å². The Morgan fingerprint density at radius 2 is 2.00 bits per heavy atom. The lowest BCUT2D eigenvalue weighted by Gasteiger charge is -2.06. The number of halogens is 1. The Labute approximate surface area is 103 Å². The Balaban J connectivity index is 2.32. The Hall–Kier alpha value is -2.05. The van der Waals surface area contributed by atoms with E-state index in [1.165, 1.54) is 6.26 Å². The van der Waals surface area contributed by atoms with Crippen molar-refractivity contribution in [3.05, 3.63) is 59.0 Å². The van der Waals surface area contributed by atoms with Crippen molar-refractivity contribution in [3.63, 3.8) is 0 Å². The molecule has 0 saturated heterocycles.